The fourth-order valence-electron chi connectivity index (χ4n) is 3.97. The number of carbonyl (C=O) groups is 1. The summed E-state index contributed by atoms with van der Waals surface area (Å²) in [5.74, 6) is 0.573. The Balaban J connectivity index is 1.84. The van der Waals surface area contributed by atoms with Gasteiger partial charge in [-0.15, -0.1) is 0 Å². The minimum absolute atomic E-state index is 0.145. The van der Waals surface area contributed by atoms with E-state index < -0.39 is 10.0 Å². The molecule has 1 heterocycles. The molecule has 186 valence electrons. The lowest BCUT2D eigenvalue weighted by atomic mass is 10.0. The van der Waals surface area contributed by atoms with Gasteiger partial charge in [-0.2, -0.15) is 4.31 Å². The lowest BCUT2D eigenvalue weighted by Gasteiger charge is -2.28. The summed E-state index contributed by atoms with van der Waals surface area (Å²) >= 11 is 0. The van der Waals surface area contributed by atoms with Crippen molar-refractivity contribution in [3.05, 3.63) is 48.0 Å². The molecule has 2 aromatic rings. The first kappa shape index (κ1) is 26.0. The number of nitrogens with one attached hydrogen (secondary N) is 1. The van der Waals surface area contributed by atoms with Crippen LogP contribution in [-0.2, 0) is 19.6 Å². The number of sulfonamides is 1. The van der Waals surface area contributed by atoms with Crippen molar-refractivity contribution in [2.24, 2.45) is 0 Å². The predicted molar refractivity (Wildman–Crippen MR) is 134 cm³/mol. The van der Waals surface area contributed by atoms with E-state index in [1.54, 1.807) is 18.2 Å². The van der Waals surface area contributed by atoms with Crippen molar-refractivity contribution in [1.82, 2.24) is 4.31 Å². The van der Waals surface area contributed by atoms with Crippen molar-refractivity contribution in [2.75, 3.05) is 56.2 Å². The number of amides is 1. The summed E-state index contributed by atoms with van der Waals surface area (Å²) in [5.41, 5.74) is 2.24. The number of hydrogen-bond donors (Lipinski definition) is 1. The molecule has 34 heavy (non-hydrogen) atoms. The molecule has 0 radical (unpaired) electrons. The molecule has 1 aliphatic heterocycles. The van der Waals surface area contributed by atoms with Crippen molar-refractivity contribution >= 4 is 27.3 Å². The molecular weight excluding hydrogens is 454 g/mol. The lowest BCUT2D eigenvalue weighted by molar-refractivity contribution is -0.118. The van der Waals surface area contributed by atoms with Crippen LogP contribution in [0.2, 0.25) is 0 Å². The fourth-order valence-corrected chi connectivity index (χ4v) is 5.41. The molecule has 0 aromatic heterocycles. The second-order valence-corrected chi connectivity index (χ2v) is 10.3. The third kappa shape index (κ3) is 6.08. The van der Waals surface area contributed by atoms with Gasteiger partial charge in [0.05, 0.1) is 29.5 Å². The van der Waals surface area contributed by atoms with Gasteiger partial charge in [-0.25, -0.2) is 8.42 Å². The maximum absolute atomic E-state index is 13.2. The Labute approximate surface area is 202 Å². The van der Waals surface area contributed by atoms with Crippen molar-refractivity contribution in [1.29, 1.82) is 0 Å². The van der Waals surface area contributed by atoms with Crippen LogP contribution in [0.15, 0.2) is 47.4 Å². The Bertz CT molecular complexity index is 1080. The summed E-state index contributed by atoms with van der Waals surface area (Å²) in [6.07, 6.45) is 0. The number of benzene rings is 2. The van der Waals surface area contributed by atoms with Crippen LogP contribution in [0.3, 0.4) is 0 Å². The second kappa shape index (κ2) is 11.7. The number of anilines is 2. The maximum Gasteiger partial charge on any atom is 0.262 e. The van der Waals surface area contributed by atoms with Crippen molar-refractivity contribution in [3.8, 4) is 5.75 Å². The van der Waals surface area contributed by atoms with Gasteiger partial charge >= 0.3 is 0 Å². The molecule has 0 unspecified atom stereocenters. The second-order valence-electron chi connectivity index (χ2n) is 8.40. The predicted octanol–water partition coefficient (Wildman–Crippen LogP) is 3.69. The number of nitrogens with zero attached hydrogens (tertiary/aromatic N) is 2. The Morgan fingerprint density at radius 1 is 1.12 bits per heavy atom. The van der Waals surface area contributed by atoms with Gasteiger partial charge in [-0.3, -0.25) is 4.79 Å². The minimum Gasteiger partial charge on any atom is -0.483 e. The molecule has 0 aliphatic carbocycles. The highest BCUT2D eigenvalue weighted by Crippen LogP contribution is 2.31. The zero-order valence-electron chi connectivity index (χ0n) is 20.4. The molecule has 0 atom stereocenters. The SMILES string of the molecule is CCN(CC)c1ccc(S(=O)(=O)N2CCOCC2)cc1NC(=O)COc1ccccc1C(C)C. The number of morpholine rings is 1. The largest absolute Gasteiger partial charge is 0.483 e. The van der Waals surface area contributed by atoms with Gasteiger partial charge in [0, 0.05) is 26.2 Å². The standard InChI is InChI=1S/C25H35N3O5S/c1-5-27(6-2)23-12-11-20(34(30,31)28-13-15-32-16-14-28)17-22(23)26-25(29)18-33-24-10-8-7-9-21(24)19(3)4/h7-12,17,19H,5-6,13-16,18H2,1-4H3,(H,26,29). The van der Waals surface area contributed by atoms with Crippen LogP contribution >= 0.6 is 0 Å². The molecule has 9 heteroatoms. The summed E-state index contributed by atoms with van der Waals surface area (Å²) < 4.78 is 38.9. The van der Waals surface area contributed by atoms with Crippen molar-refractivity contribution < 1.29 is 22.7 Å². The first-order valence-electron chi connectivity index (χ1n) is 11.8. The molecule has 0 spiro atoms. The van der Waals surface area contributed by atoms with Crippen molar-refractivity contribution in [2.45, 2.75) is 38.5 Å². The van der Waals surface area contributed by atoms with Crippen LogP contribution in [0.25, 0.3) is 0 Å². The zero-order valence-corrected chi connectivity index (χ0v) is 21.2. The van der Waals surface area contributed by atoms with E-state index in [-0.39, 0.29) is 23.3 Å². The quantitative estimate of drug-likeness (QED) is 0.548. The smallest absolute Gasteiger partial charge is 0.262 e. The number of ether oxygens (including phenoxy) is 2. The summed E-state index contributed by atoms with van der Waals surface area (Å²) in [4.78, 5) is 15.1. The molecule has 1 saturated heterocycles. The van der Waals surface area contributed by atoms with Gasteiger partial charge in [0.25, 0.3) is 5.91 Å². The molecule has 2 aromatic carbocycles. The number of para-hydroxylation sites is 1. The molecule has 3 rings (SSSR count). The van der Waals surface area contributed by atoms with Crippen LogP contribution in [0, 0.1) is 0 Å². The van der Waals surface area contributed by atoms with Gasteiger partial charge in [0.2, 0.25) is 10.0 Å². The highest BCUT2D eigenvalue weighted by molar-refractivity contribution is 7.89. The molecule has 1 aliphatic rings. The van der Waals surface area contributed by atoms with Crippen LogP contribution in [0.5, 0.6) is 5.75 Å². The Morgan fingerprint density at radius 2 is 1.79 bits per heavy atom. The highest BCUT2D eigenvalue weighted by atomic mass is 32.2. The van der Waals surface area contributed by atoms with Crippen LogP contribution in [-0.4, -0.2) is 64.6 Å². The fraction of sp³-hybridized carbons (Fsp3) is 0.480. The van der Waals surface area contributed by atoms with Crippen molar-refractivity contribution in [3.63, 3.8) is 0 Å². The Morgan fingerprint density at radius 3 is 2.44 bits per heavy atom. The third-order valence-electron chi connectivity index (χ3n) is 5.85. The van der Waals surface area contributed by atoms with E-state index in [1.807, 2.05) is 38.1 Å². The van der Waals surface area contributed by atoms with Crippen LogP contribution in [0.4, 0.5) is 11.4 Å². The topological polar surface area (TPSA) is 88.2 Å². The summed E-state index contributed by atoms with van der Waals surface area (Å²) in [7, 11) is -3.69. The van der Waals surface area contributed by atoms with Gasteiger partial charge in [0.15, 0.2) is 6.61 Å². The molecule has 1 amide bonds. The number of rotatable bonds is 10. The summed E-state index contributed by atoms with van der Waals surface area (Å²) in [6.45, 7) is 10.8. The summed E-state index contributed by atoms with van der Waals surface area (Å²) in [6, 6.07) is 12.5. The molecule has 0 saturated carbocycles. The average molecular weight is 490 g/mol. The normalized spacial score (nSPS) is 14.7. The van der Waals surface area contributed by atoms with E-state index in [0.717, 1.165) is 11.3 Å². The molecule has 1 N–H and O–H groups in total. The Hall–Kier alpha value is -2.62. The highest BCUT2D eigenvalue weighted by Gasteiger charge is 2.27. The minimum atomic E-state index is -3.69. The van der Waals surface area contributed by atoms with Gasteiger partial charge in [-0.05, 0) is 49.6 Å². The first-order chi connectivity index (χ1) is 16.3. The van der Waals surface area contributed by atoms with Crippen LogP contribution in [0.1, 0.15) is 39.2 Å². The third-order valence-corrected chi connectivity index (χ3v) is 7.75. The molecular formula is C25H35N3O5S. The van der Waals surface area contributed by atoms with E-state index in [4.69, 9.17) is 9.47 Å². The first-order valence-corrected chi connectivity index (χ1v) is 13.2. The van der Waals surface area contributed by atoms with E-state index in [0.29, 0.717) is 50.8 Å². The van der Waals surface area contributed by atoms with Gasteiger partial charge in [-0.1, -0.05) is 32.0 Å². The van der Waals surface area contributed by atoms with E-state index >= 15 is 0 Å². The molecule has 8 nitrogen and oxygen atoms in total. The maximum atomic E-state index is 13.2. The van der Waals surface area contributed by atoms with Gasteiger partial charge in [0.1, 0.15) is 5.75 Å². The van der Waals surface area contributed by atoms with E-state index in [2.05, 4.69) is 24.1 Å². The lowest BCUT2D eigenvalue weighted by Crippen LogP contribution is -2.40. The number of hydrogen-bond acceptors (Lipinski definition) is 6. The Kier molecular flexibility index (Phi) is 8.93. The zero-order chi connectivity index (χ0) is 24.7. The van der Waals surface area contributed by atoms with Crippen LogP contribution < -0.4 is 15.0 Å². The molecule has 1 fully saturated rings. The molecule has 0 bridgehead atoms. The van der Waals surface area contributed by atoms with Gasteiger partial charge < -0.3 is 19.7 Å². The number of carbonyl (C=O) groups excluding carboxylic acids is 1. The van der Waals surface area contributed by atoms with E-state index in [1.165, 1.54) is 4.31 Å². The van der Waals surface area contributed by atoms with E-state index in [9.17, 15) is 13.2 Å². The average Bonchev–Trinajstić information content (AvgIpc) is 2.85. The monoisotopic (exact) mass is 489 g/mol. The summed E-state index contributed by atoms with van der Waals surface area (Å²) in [5, 5.41) is 2.88.